The van der Waals surface area contributed by atoms with Gasteiger partial charge in [0.05, 0.1) is 12.1 Å². The quantitative estimate of drug-likeness (QED) is 0.414. The number of primary amides is 1. The van der Waals surface area contributed by atoms with E-state index in [2.05, 4.69) is 20.4 Å². The Morgan fingerprint density at radius 2 is 1.82 bits per heavy atom. The number of halogens is 4. The molecule has 4 rings (SSSR count). The van der Waals surface area contributed by atoms with Crippen LogP contribution in [0, 0.1) is 5.82 Å². The summed E-state index contributed by atoms with van der Waals surface area (Å²) in [6.45, 7) is 1.09. The third-order valence-electron chi connectivity index (χ3n) is 5.41. The summed E-state index contributed by atoms with van der Waals surface area (Å²) in [7, 11) is 0. The molecule has 8 nitrogen and oxygen atoms in total. The molecule has 176 valence electrons. The number of carbonyl (C=O) groups is 1. The number of fused-ring (bicyclic) bond motifs is 1. The molecule has 12 heteroatoms. The summed E-state index contributed by atoms with van der Waals surface area (Å²) in [4.78, 5) is 17.0. The van der Waals surface area contributed by atoms with E-state index in [1.54, 1.807) is 30.3 Å². The fourth-order valence-electron chi connectivity index (χ4n) is 3.49. The van der Waals surface area contributed by atoms with Gasteiger partial charge >= 0.3 is 6.18 Å². The molecule has 0 saturated carbocycles. The van der Waals surface area contributed by atoms with Gasteiger partial charge in [0.2, 0.25) is 11.4 Å². The lowest BCUT2D eigenvalue weighted by Crippen LogP contribution is -2.42. The normalized spacial score (nSPS) is 13.7. The summed E-state index contributed by atoms with van der Waals surface area (Å²) in [5.74, 6) is -2.03. The van der Waals surface area contributed by atoms with E-state index < -0.39 is 35.7 Å². The summed E-state index contributed by atoms with van der Waals surface area (Å²) < 4.78 is 53.2. The first-order valence-corrected chi connectivity index (χ1v) is 10.1. The predicted octanol–water partition coefficient (Wildman–Crippen LogP) is 3.33. The van der Waals surface area contributed by atoms with Gasteiger partial charge in [-0.3, -0.25) is 4.79 Å². The highest BCUT2D eigenvalue weighted by Gasteiger charge is 2.57. The van der Waals surface area contributed by atoms with E-state index in [0.717, 1.165) is 11.7 Å². The molecule has 34 heavy (non-hydrogen) atoms. The lowest BCUT2D eigenvalue weighted by Gasteiger charge is -2.25. The monoisotopic (exact) mass is 474 g/mol. The van der Waals surface area contributed by atoms with Crippen molar-refractivity contribution in [3.05, 3.63) is 71.4 Å². The number of hydrogen-bond donors (Lipinski definition) is 2. The predicted molar refractivity (Wildman–Crippen MR) is 113 cm³/mol. The average Bonchev–Trinajstić information content (AvgIpc) is 3.26. The van der Waals surface area contributed by atoms with Gasteiger partial charge in [0, 0.05) is 5.39 Å². The summed E-state index contributed by atoms with van der Waals surface area (Å²) in [6.07, 6.45) is -5.64. The van der Waals surface area contributed by atoms with E-state index in [4.69, 9.17) is 5.73 Å². The number of rotatable bonds is 6. The van der Waals surface area contributed by atoms with Crippen molar-refractivity contribution in [2.24, 2.45) is 5.73 Å². The van der Waals surface area contributed by atoms with Crippen LogP contribution in [0.15, 0.2) is 48.5 Å². The smallest absolute Gasteiger partial charge is 0.374 e. The zero-order chi connectivity index (χ0) is 24.7. The molecule has 2 aromatic heterocycles. The number of hydrogen-bond acceptors (Lipinski definition) is 6. The van der Waals surface area contributed by atoms with Crippen molar-refractivity contribution in [3.8, 4) is 11.1 Å². The van der Waals surface area contributed by atoms with Crippen molar-refractivity contribution in [3.63, 3.8) is 0 Å². The minimum absolute atomic E-state index is 0.0108. The lowest BCUT2D eigenvalue weighted by molar-refractivity contribution is -0.270. The minimum Gasteiger partial charge on any atom is -0.374 e. The molecule has 1 unspecified atom stereocenters. The Morgan fingerprint density at radius 1 is 1.12 bits per heavy atom. The highest BCUT2D eigenvalue weighted by molar-refractivity contribution is 6.00. The summed E-state index contributed by atoms with van der Waals surface area (Å²) >= 11 is 0. The Bertz CT molecular complexity index is 1370. The van der Waals surface area contributed by atoms with E-state index in [-0.39, 0.29) is 12.2 Å². The molecule has 0 bridgehead atoms. The molecule has 0 aliphatic carbocycles. The Labute approximate surface area is 190 Å². The molecule has 2 heterocycles. The van der Waals surface area contributed by atoms with Gasteiger partial charge in [-0.15, -0.1) is 10.2 Å². The molecule has 0 radical (unpaired) electrons. The van der Waals surface area contributed by atoms with Gasteiger partial charge in [-0.05, 0) is 52.6 Å². The molecule has 0 spiro atoms. The minimum atomic E-state index is -4.97. The van der Waals surface area contributed by atoms with Gasteiger partial charge < -0.3 is 10.8 Å². The highest BCUT2D eigenvalue weighted by Crippen LogP contribution is 2.39. The van der Waals surface area contributed by atoms with Crippen molar-refractivity contribution in [1.29, 1.82) is 0 Å². The van der Waals surface area contributed by atoms with Crippen LogP contribution in [0.1, 0.15) is 35.2 Å². The van der Waals surface area contributed by atoms with Gasteiger partial charge in [-0.2, -0.15) is 18.0 Å². The standard InChI is InChI=1S/C22H18F4N6O2/c1-2-21(34,22(24,25)26)20-29-31-32(30-20)11-12-3-8-15-16(13-4-6-14(23)7-5-13)10-18(19(27)33)28-17(15)9-12/h3-10,34H,2,11H2,1H3,(H2,27,33). The fraction of sp³-hybridized carbons (Fsp3) is 0.227. The second-order valence-electron chi connectivity index (χ2n) is 7.63. The molecule has 3 N–H and O–H groups in total. The average molecular weight is 474 g/mol. The number of nitrogens with zero attached hydrogens (tertiary/aromatic N) is 5. The molecule has 2 aromatic carbocycles. The second-order valence-corrected chi connectivity index (χ2v) is 7.63. The van der Waals surface area contributed by atoms with Crippen LogP contribution in [0.3, 0.4) is 0 Å². The number of amides is 1. The van der Waals surface area contributed by atoms with Gasteiger partial charge in [-0.1, -0.05) is 31.2 Å². The molecule has 4 aromatic rings. The molecule has 0 saturated heterocycles. The second kappa shape index (κ2) is 8.45. The number of carbonyl (C=O) groups excluding carboxylic acids is 1. The maximum absolute atomic E-state index is 13.4. The molecule has 1 amide bonds. The summed E-state index contributed by atoms with van der Waals surface area (Å²) in [6, 6.07) is 12.2. The van der Waals surface area contributed by atoms with Crippen LogP contribution in [-0.2, 0) is 12.1 Å². The topological polar surface area (TPSA) is 120 Å². The third-order valence-corrected chi connectivity index (χ3v) is 5.41. The Morgan fingerprint density at radius 3 is 2.44 bits per heavy atom. The van der Waals surface area contributed by atoms with E-state index in [0.29, 0.717) is 27.6 Å². The summed E-state index contributed by atoms with van der Waals surface area (Å²) in [5.41, 5.74) is 4.36. The van der Waals surface area contributed by atoms with E-state index in [1.807, 2.05) is 0 Å². The largest absolute Gasteiger partial charge is 0.424 e. The van der Waals surface area contributed by atoms with Gasteiger partial charge in [0.1, 0.15) is 11.5 Å². The first kappa shape index (κ1) is 23.2. The van der Waals surface area contributed by atoms with Crippen LogP contribution >= 0.6 is 0 Å². The number of benzene rings is 2. The highest BCUT2D eigenvalue weighted by atomic mass is 19.4. The molecule has 0 fully saturated rings. The molecular formula is C22H18F4N6O2. The van der Waals surface area contributed by atoms with E-state index in [1.165, 1.54) is 18.2 Å². The van der Waals surface area contributed by atoms with Crippen LogP contribution in [0.2, 0.25) is 0 Å². The number of aliphatic hydroxyl groups is 1. The van der Waals surface area contributed by atoms with Crippen LogP contribution in [0.5, 0.6) is 0 Å². The van der Waals surface area contributed by atoms with Crippen LogP contribution in [-0.4, -0.2) is 42.4 Å². The van der Waals surface area contributed by atoms with Crippen LogP contribution in [0.4, 0.5) is 17.6 Å². The van der Waals surface area contributed by atoms with Crippen molar-refractivity contribution >= 4 is 16.8 Å². The van der Waals surface area contributed by atoms with Crippen LogP contribution in [0.25, 0.3) is 22.0 Å². The maximum Gasteiger partial charge on any atom is 0.424 e. The molecule has 0 aliphatic heterocycles. The van der Waals surface area contributed by atoms with Crippen molar-refractivity contribution < 1.29 is 27.5 Å². The van der Waals surface area contributed by atoms with Gasteiger partial charge in [0.25, 0.3) is 5.91 Å². The fourth-order valence-corrected chi connectivity index (χ4v) is 3.49. The number of tetrazole rings is 1. The summed E-state index contributed by atoms with van der Waals surface area (Å²) in [5, 5.41) is 21.4. The zero-order valence-electron chi connectivity index (χ0n) is 17.7. The number of aromatic nitrogens is 5. The van der Waals surface area contributed by atoms with E-state index in [9.17, 15) is 27.5 Å². The van der Waals surface area contributed by atoms with Gasteiger partial charge in [-0.25, -0.2) is 9.37 Å². The molecule has 0 aliphatic rings. The maximum atomic E-state index is 13.4. The van der Waals surface area contributed by atoms with Crippen molar-refractivity contribution in [1.82, 2.24) is 25.2 Å². The SMILES string of the molecule is CCC(O)(c1nnn(Cc2ccc3c(-c4ccc(F)cc4)cc(C(N)=O)nc3c2)n1)C(F)(F)F. The van der Waals surface area contributed by atoms with Crippen molar-refractivity contribution in [2.75, 3.05) is 0 Å². The molecular weight excluding hydrogens is 456 g/mol. The lowest BCUT2D eigenvalue weighted by atomic mass is 9.98. The van der Waals surface area contributed by atoms with E-state index >= 15 is 0 Å². The Kier molecular flexibility index (Phi) is 5.77. The molecule has 1 atom stereocenters. The first-order chi connectivity index (χ1) is 16.0. The Balaban J connectivity index is 1.73. The number of pyridine rings is 1. The van der Waals surface area contributed by atoms with Crippen LogP contribution < -0.4 is 5.73 Å². The first-order valence-electron chi connectivity index (χ1n) is 10.1. The number of nitrogens with two attached hydrogens (primary N) is 1. The third kappa shape index (κ3) is 4.19. The number of alkyl halides is 3. The zero-order valence-corrected chi connectivity index (χ0v) is 17.7. The van der Waals surface area contributed by atoms with Gasteiger partial charge in [0.15, 0.2) is 0 Å². The Hall–Kier alpha value is -3.93. The van der Waals surface area contributed by atoms with Crippen molar-refractivity contribution in [2.45, 2.75) is 31.7 Å².